The Hall–Kier alpha value is -2.25. The van der Waals surface area contributed by atoms with E-state index < -0.39 is 0 Å². The molecule has 0 spiro atoms. The minimum absolute atomic E-state index is 0.163. The molecule has 1 rings (SSSR count). The number of benzene rings is 1. The van der Waals surface area contributed by atoms with E-state index in [2.05, 4.69) is 0 Å². The van der Waals surface area contributed by atoms with E-state index in [0.29, 0.717) is 22.8 Å². The van der Waals surface area contributed by atoms with E-state index in [1.807, 2.05) is 0 Å². The molecule has 0 heterocycles. The van der Waals surface area contributed by atoms with Crippen molar-refractivity contribution < 1.29 is 29.2 Å². The molecule has 128 valence electrons. The number of carbonyl (C=O) groups excluding carboxylic acids is 1. The van der Waals surface area contributed by atoms with Gasteiger partial charge in [-0.1, -0.05) is 0 Å². The van der Waals surface area contributed by atoms with E-state index in [-0.39, 0.29) is 32.2 Å². The Morgan fingerprint density at radius 2 is 1.57 bits per heavy atom. The van der Waals surface area contributed by atoms with Gasteiger partial charge in [-0.05, 0) is 23.8 Å². The van der Waals surface area contributed by atoms with Crippen LogP contribution in [0.5, 0.6) is 17.2 Å². The number of nitrogens with zero attached hydrogens (tertiary/aromatic N) is 1. The van der Waals surface area contributed by atoms with Crippen LogP contribution in [0.2, 0.25) is 0 Å². The third-order valence-electron chi connectivity index (χ3n) is 3.16. The number of amides is 1. The van der Waals surface area contributed by atoms with E-state index in [1.54, 1.807) is 18.2 Å². The number of methoxy groups -OCH3 is 3. The molecule has 0 radical (unpaired) electrons. The number of hydrogen-bond acceptors (Lipinski definition) is 6. The molecule has 0 aromatic heterocycles. The van der Waals surface area contributed by atoms with Gasteiger partial charge in [-0.15, -0.1) is 0 Å². The van der Waals surface area contributed by atoms with Crippen molar-refractivity contribution >= 4 is 12.0 Å². The third kappa shape index (κ3) is 5.15. The highest BCUT2D eigenvalue weighted by Crippen LogP contribution is 2.38. The molecular formula is C16H23NO6. The second-order valence-corrected chi connectivity index (χ2v) is 4.56. The van der Waals surface area contributed by atoms with E-state index in [4.69, 9.17) is 24.4 Å². The molecule has 0 atom stereocenters. The van der Waals surface area contributed by atoms with Crippen LogP contribution in [0, 0.1) is 0 Å². The maximum atomic E-state index is 12.1. The molecule has 0 saturated carbocycles. The summed E-state index contributed by atoms with van der Waals surface area (Å²) < 4.78 is 15.7. The molecule has 23 heavy (non-hydrogen) atoms. The lowest BCUT2D eigenvalue weighted by molar-refractivity contribution is -0.126. The van der Waals surface area contributed by atoms with Crippen molar-refractivity contribution in [2.45, 2.75) is 0 Å². The first-order valence-corrected chi connectivity index (χ1v) is 7.10. The van der Waals surface area contributed by atoms with Crippen molar-refractivity contribution in [2.24, 2.45) is 0 Å². The van der Waals surface area contributed by atoms with Gasteiger partial charge in [0, 0.05) is 19.2 Å². The lowest BCUT2D eigenvalue weighted by Crippen LogP contribution is -2.34. The lowest BCUT2D eigenvalue weighted by atomic mass is 10.1. The first kappa shape index (κ1) is 18.8. The number of hydrogen-bond donors (Lipinski definition) is 2. The predicted octanol–water partition coefficient (Wildman–Crippen LogP) is 0.539. The molecule has 2 N–H and O–H groups in total. The van der Waals surface area contributed by atoms with Crippen LogP contribution in [0.4, 0.5) is 0 Å². The molecule has 1 aromatic rings. The summed E-state index contributed by atoms with van der Waals surface area (Å²) >= 11 is 0. The van der Waals surface area contributed by atoms with E-state index in [1.165, 1.54) is 32.3 Å². The Morgan fingerprint density at radius 1 is 1.04 bits per heavy atom. The van der Waals surface area contributed by atoms with Gasteiger partial charge in [-0.3, -0.25) is 4.79 Å². The van der Waals surface area contributed by atoms with E-state index in [9.17, 15) is 4.79 Å². The number of ether oxygens (including phenoxy) is 3. The van der Waals surface area contributed by atoms with Crippen LogP contribution in [0.1, 0.15) is 5.56 Å². The average Bonchev–Trinajstić information content (AvgIpc) is 2.58. The van der Waals surface area contributed by atoms with Gasteiger partial charge in [0.25, 0.3) is 0 Å². The standard InChI is InChI=1S/C16H23NO6/c1-21-13-10-12(11-14(22-2)16(13)23-3)4-5-15(20)17(6-8-18)7-9-19/h4-5,10-11,18-19H,6-9H2,1-3H3. The van der Waals surface area contributed by atoms with Crippen LogP contribution >= 0.6 is 0 Å². The Morgan fingerprint density at radius 3 is 1.96 bits per heavy atom. The Kier molecular flexibility index (Phi) is 7.93. The minimum atomic E-state index is -0.304. The van der Waals surface area contributed by atoms with Crippen LogP contribution in [0.25, 0.3) is 6.08 Å². The summed E-state index contributed by atoms with van der Waals surface area (Å²) in [5, 5.41) is 17.9. The van der Waals surface area contributed by atoms with Crippen molar-refractivity contribution in [1.82, 2.24) is 4.90 Å². The zero-order valence-electron chi connectivity index (χ0n) is 13.6. The highest BCUT2D eigenvalue weighted by Gasteiger charge is 2.13. The summed E-state index contributed by atoms with van der Waals surface area (Å²) in [7, 11) is 4.54. The Balaban J connectivity index is 3.00. The average molecular weight is 325 g/mol. The molecule has 1 aromatic carbocycles. The smallest absolute Gasteiger partial charge is 0.246 e. The second-order valence-electron chi connectivity index (χ2n) is 4.56. The fourth-order valence-electron chi connectivity index (χ4n) is 2.04. The van der Waals surface area contributed by atoms with Gasteiger partial charge in [0.05, 0.1) is 34.5 Å². The van der Waals surface area contributed by atoms with Crippen molar-refractivity contribution in [3.63, 3.8) is 0 Å². The molecule has 0 unspecified atom stereocenters. The lowest BCUT2D eigenvalue weighted by Gasteiger charge is -2.18. The van der Waals surface area contributed by atoms with Gasteiger partial charge in [0.2, 0.25) is 11.7 Å². The summed E-state index contributed by atoms with van der Waals surface area (Å²) in [6.07, 6.45) is 2.97. The third-order valence-corrected chi connectivity index (χ3v) is 3.16. The summed E-state index contributed by atoms with van der Waals surface area (Å²) in [5.41, 5.74) is 0.695. The maximum Gasteiger partial charge on any atom is 0.246 e. The molecule has 1 amide bonds. The van der Waals surface area contributed by atoms with Gasteiger partial charge in [0.15, 0.2) is 11.5 Å². The molecule has 0 fully saturated rings. The van der Waals surface area contributed by atoms with Crippen LogP contribution in [-0.4, -0.2) is 68.7 Å². The van der Waals surface area contributed by atoms with Crippen molar-refractivity contribution in [2.75, 3.05) is 47.6 Å². The Labute approximate surface area is 135 Å². The van der Waals surface area contributed by atoms with Gasteiger partial charge in [-0.2, -0.15) is 0 Å². The minimum Gasteiger partial charge on any atom is -0.493 e. The fourth-order valence-corrected chi connectivity index (χ4v) is 2.04. The summed E-state index contributed by atoms with van der Waals surface area (Å²) in [4.78, 5) is 13.4. The van der Waals surface area contributed by atoms with Crippen molar-refractivity contribution in [3.05, 3.63) is 23.8 Å². The van der Waals surface area contributed by atoms with E-state index >= 15 is 0 Å². The monoisotopic (exact) mass is 325 g/mol. The largest absolute Gasteiger partial charge is 0.493 e. The van der Waals surface area contributed by atoms with Crippen LogP contribution in [-0.2, 0) is 4.79 Å². The molecule has 0 aliphatic carbocycles. The molecule has 7 nitrogen and oxygen atoms in total. The zero-order valence-corrected chi connectivity index (χ0v) is 13.6. The fraction of sp³-hybridized carbons (Fsp3) is 0.438. The van der Waals surface area contributed by atoms with Gasteiger partial charge >= 0.3 is 0 Å². The maximum absolute atomic E-state index is 12.1. The number of aliphatic hydroxyl groups is 2. The molecule has 0 aliphatic rings. The van der Waals surface area contributed by atoms with E-state index in [0.717, 1.165) is 0 Å². The number of carbonyl (C=O) groups is 1. The first-order valence-electron chi connectivity index (χ1n) is 7.10. The molecule has 7 heteroatoms. The predicted molar refractivity (Wildman–Crippen MR) is 85.9 cm³/mol. The quantitative estimate of drug-likeness (QED) is 0.644. The molecule has 0 saturated heterocycles. The topological polar surface area (TPSA) is 88.5 Å². The first-order chi connectivity index (χ1) is 11.1. The molecular weight excluding hydrogens is 302 g/mol. The number of rotatable bonds is 9. The van der Waals surface area contributed by atoms with Crippen LogP contribution in [0.15, 0.2) is 18.2 Å². The summed E-state index contributed by atoms with van der Waals surface area (Å²) in [6.45, 7) is 0.00546. The SMILES string of the molecule is COc1cc(C=CC(=O)N(CCO)CCO)cc(OC)c1OC. The summed E-state index contributed by atoms with van der Waals surface area (Å²) in [5.74, 6) is 1.14. The Bertz CT molecular complexity index is 512. The molecule has 0 bridgehead atoms. The summed E-state index contributed by atoms with van der Waals surface area (Å²) in [6, 6.07) is 3.43. The van der Waals surface area contributed by atoms with Crippen LogP contribution < -0.4 is 14.2 Å². The van der Waals surface area contributed by atoms with Crippen molar-refractivity contribution in [3.8, 4) is 17.2 Å². The zero-order chi connectivity index (χ0) is 17.2. The van der Waals surface area contributed by atoms with Gasteiger partial charge in [0.1, 0.15) is 0 Å². The molecule has 0 aliphatic heterocycles. The van der Waals surface area contributed by atoms with Crippen LogP contribution in [0.3, 0.4) is 0 Å². The van der Waals surface area contributed by atoms with Gasteiger partial charge in [-0.25, -0.2) is 0 Å². The highest BCUT2D eigenvalue weighted by atomic mass is 16.5. The number of aliphatic hydroxyl groups excluding tert-OH is 2. The normalized spacial score (nSPS) is 10.7. The second kappa shape index (κ2) is 9.70. The highest BCUT2D eigenvalue weighted by molar-refractivity contribution is 5.92. The van der Waals surface area contributed by atoms with Gasteiger partial charge < -0.3 is 29.3 Å². The van der Waals surface area contributed by atoms with Crippen molar-refractivity contribution in [1.29, 1.82) is 0 Å².